The minimum Gasteiger partial charge on any atom is -0.489 e. The standard InChI is InChI=1S/C27H31F5N4O5/c1-14-13-34-19(24(33)37)12-18(14)35-25(38)23-20(15(2)26(3,41-23)27(30,31)32)16-4-5-17(28)21(29)22(16)40-11-8-36-6-9-39-10-7-36/h4-5,12-13,15,20,23H,6-11H2,1-3H3,(H2,33,37)(H,34,35,38)/t15-,20-,23+,26+/m0/s1. The van der Waals surface area contributed by atoms with E-state index in [1.807, 2.05) is 4.90 Å². The van der Waals surface area contributed by atoms with E-state index in [4.69, 9.17) is 19.9 Å². The highest BCUT2D eigenvalue weighted by Gasteiger charge is 2.66. The molecule has 4 atom stereocenters. The molecule has 9 nitrogen and oxygen atoms in total. The molecule has 14 heteroatoms. The minimum atomic E-state index is -4.92. The van der Waals surface area contributed by atoms with Crippen LogP contribution in [0.25, 0.3) is 0 Å². The molecule has 3 N–H and O–H groups in total. The number of ether oxygens (including phenoxy) is 3. The van der Waals surface area contributed by atoms with Crippen molar-refractivity contribution in [3.05, 3.63) is 52.9 Å². The van der Waals surface area contributed by atoms with Crippen molar-refractivity contribution >= 4 is 17.5 Å². The van der Waals surface area contributed by atoms with Crippen LogP contribution in [0.4, 0.5) is 27.6 Å². The predicted molar refractivity (Wildman–Crippen MR) is 136 cm³/mol. The Morgan fingerprint density at radius 1 is 1.24 bits per heavy atom. The third kappa shape index (κ3) is 6.14. The molecule has 2 aliphatic heterocycles. The summed E-state index contributed by atoms with van der Waals surface area (Å²) in [6, 6.07) is 3.07. The van der Waals surface area contributed by atoms with E-state index in [-0.39, 0.29) is 23.6 Å². The molecular weight excluding hydrogens is 555 g/mol. The van der Waals surface area contributed by atoms with Gasteiger partial charge in [-0.3, -0.25) is 19.5 Å². The fourth-order valence-corrected chi connectivity index (χ4v) is 5.08. The molecule has 2 saturated heterocycles. The summed E-state index contributed by atoms with van der Waals surface area (Å²) < 4.78 is 88.8. The van der Waals surface area contributed by atoms with E-state index in [9.17, 15) is 27.2 Å². The Morgan fingerprint density at radius 3 is 2.56 bits per heavy atom. The number of nitrogens with zero attached hydrogens (tertiary/aromatic N) is 2. The van der Waals surface area contributed by atoms with Crippen LogP contribution in [0, 0.1) is 24.5 Å². The van der Waals surface area contributed by atoms with Gasteiger partial charge in [0.15, 0.2) is 17.2 Å². The van der Waals surface area contributed by atoms with Crippen molar-refractivity contribution < 1.29 is 45.8 Å². The zero-order chi connectivity index (χ0) is 30.1. The third-order valence-corrected chi connectivity index (χ3v) is 7.74. The van der Waals surface area contributed by atoms with Crippen LogP contribution < -0.4 is 15.8 Å². The van der Waals surface area contributed by atoms with E-state index < -0.39 is 58.9 Å². The number of pyridine rings is 1. The molecular formula is C27H31F5N4O5. The molecule has 1 aromatic heterocycles. The molecule has 0 unspecified atom stereocenters. The van der Waals surface area contributed by atoms with Crippen molar-refractivity contribution in [1.29, 1.82) is 0 Å². The fourth-order valence-electron chi connectivity index (χ4n) is 5.08. The van der Waals surface area contributed by atoms with Gasteiger partial charge in [-0.05, 0) is 31.5 Å². The van der Waals surface area contributed by atoms with E-state index in [1.165, 1.54) is 19.2 Å². The molecule has 0 saturated carbocycles. The second-order valence-corrected chi connectivity index (χ2v) is 10.3. The van der Waals surface area contributed by atoms with Crippen LogP contribution in [-0.4, -0.2) is 79.0 Å². The lowest BCUT2D eigenvalue weighted by molar-refractivity contribution is -0.272. The molecule has 0 bridgehead atoms. The Balaban J connectivity index is 1.70. The molecule has 2 amide bonds. The lowest BCUT2D eigenvalue weighted by Crippen LogP contribution is -2.47. The zero-order valence-corrected chi connectivity index (χ0v) is 22.7. The number of benzene rings is 1. The van der Waals surface area contributed by atoms with Gasteiger partial charge in [0.25, 0.3) is 11.8 Å². The van der Waals surface area contributed by atoms with Gasteiger partial charge in [-0.25, -0.2) is 4.39 Å². The van der Waals surface area contributed by atoms with Gasteiger partial charge < -0.3 is 25.3 Å². The van der Waals surface area contributed by atoms with Crippen molar-refractivity contribution in [2.24, 2.45) is 11.7 Å². The van der Waals surface area contributed by atoms with Gasteiger partial charge in [-0.2, -0.15) is 17.6 Å². The Morgan fingerprint density at radius 2 is 1.93 bits per heavy atom. The first-order valence-corrected chi connectivity index (χ1v) is 13.0. The van der Waals surface area contributed by atoms with Crippen molar-refractivity contribution in [3.8, 4) is 5.75 Å². The number of hydrogen-bond acceptors (Lipinski definition) is 7. The van der Waals surface area contributed by atoms with E-state index >= 15 is 4.39 Å². The lowest BCUT2D eigenvalue weighted by Gasteiger charge is -2.32. The monoisotopic (exact) mass is 586 g/mol. The third-order valence-electron chi connectivity index (χ3n) is 7.74. The summed E-state index contributed by atoms with van der Waals surface area (Å²) >= 11 is 0. The van der Waals surface area contributed by atoms with Gasteiger partial charge in [0.2, 0.25) is 5.82 Å². The number of carbonyl (C=O) groups excluding carboxylic acids is 2. The molecule has 224 valence electrons. The highest BCUT2D eigenvalue weighted by atomic mass is 19.4. The Bertz CT molecular complexity index is 1300. The zero-order valence-electron chi connectivity index (χ0n) is 22.7. The molecule has 41 heavy (non-hydrogen) atoms. The molecule has 2 aromatic rings. The summed E-state index contributed by atoms with van der Waals surface area (Å²) in [4.78, 5) is 30.9. The highest BCUT2D eigenvalue weighted by molar-refractivity contribution is 5.98. The normalized spacial score (nSPS) is 25.2. The summed E-state index contributed by atoms with van der Waals surface area (Å²) in [6.07, 6.45) is -5.45. The molecule has 2 fully saturated rings. The SMILES string of the molecule is Cc1cnc(C(N)=O)cc1NC(=O)[C@@H]1O[C@@](C)(C(F)(F)F)[C@@H](C)[C@H]1c1ccc(F)c(F)c1OCCN1CCOCC1. The first-order chi connectivity index (χ1) is 19.2. The summed E-state index contributed by atoms with van der Waals surface area (Å²) in [5.41, 5.74) is 2.59. The summed E-state index contributed by atoms with van der Waals surface area (Å²) in [5.74, 6) is -7.92. The van der Waals surface area contributed by atoms with Gasteiger partial charge in [0.1, 0.15) is 18.4 Å². The smallest absolute Gasteiger partial charge is 0.417 e. The summed E-state index contributed by atoms with van der Waals surface area (Å²) in [5, 5.41) is 2.48. The molecule has 3 heterocycles. The summed E-state index contributed by atoms with van der Waals surface area (Å²) in [6.45, 7) is 6.05. The van der Waals surface area contributed by atoms with Crippen molar-refractivity contribution in [2.45, 2.75) is 44.6 Å². The number of primary amides is 1. The minimum absolute atomic E-state index is 0.0710. The number of hydrogen-bond donors (Lipinski definition) is 2. The van der Waals surface area contributed by atoms with E-state index in [0.29, 0.717) is 38.4 Å². The molecule has 0 radical (unpaired) electrons. The van der Waals surface area contributed by atoms with E-state index in [1.54, 1.807) is 6.92 Å². The van der Waals surface area contributed by atoms with Crippen LogP contribution in [0.2, 0.25) is 0 Å². The molecule has 0 spiro atoms. The maximum absolute atomic E-state index is 15.1. The molecule has 0 aliphatic carbocycles. The predicted octanol–water partition coefficient (Wildman–Crippen LogP) is 3.56. The number of nitrogens with two attached hydrogens (primary N) is 1. The van der Waals surface area contributed by atoms with Crippen molar-refractivity contribution in [2.75, 3.05) is 44.8 Å². The number of carbonyl (C=O) groups is 2. The average Bonchev–Trinajstić information content (AvgIpc) is 3.20. The van der Waals surface area contributed by atoms with Crippen molar-refractivity contribution in [1.82, 2.24) is 9.88 Å². The van der Waals surface area contributed by atoms with E-state index in [0.717, 1.165) is 19.1 Å². The van der Waals surface area contributed by atoms with Crippen LogP contribution >= 0.6 is 0 Å². The first-order valence-electron chi connectivity index (χ1n) is 13.0. The number of nitrogens with one attached hydrogen (secondary N) is 1. The Kier molecular flexibility index (Phi) is 8.85. The molecule has 4 rings (SSSR count). The number of halogens is 5. The molecule has 1 aromatic carbocycles. The van der Waals surface area contributed by atoms with E-state index in [2.05, 4.69) is 10.3 Å². The Labute approximate surface area is 233 Å². The van der Waals surface area contributed by atoms with Crippen LogP contribution in [0.5, 0.6) is 5.75 Å². The van der Waals surface area contributed by atoms with Gasteiger partial charge in [0.05, 0.1) is 13.2 Å². The van der Waals surface area contributed by atoms with Gasteiger partial charge >= 0.3 is 6.18 Å². The maximum atomic E-state index is 15.1. The lowest BCUT2D eigenvalue weighted by atomic mass is 9.77. The number of rotatable bonds is 8. The number of anilines is 1. The Hall–Kier alpha value is -3.36. The largest absolute Gasteiger partial charge is 0.489 e. The van der Waals surface area contributed by atoms with Crippen LogP contribution in [0.3, 0.4) is 0 Å². The number of aromatic nitrogens is 1. The number of alkyl halides is 3. The van der Waals surface area contributed by atoms with Gasteiger partial charge in [-0.15, -0.1) is 0 Å². The summed E-state index contributed by atoms with van der Waals surface area (Å²) in [7, 11) is 0. The van der Waals surface area contributed by atoms with Crippen LogP contribution in [0.1, 0.15) is 41.4 Å². The average molecular weight is 587 g/mol. The second-order valence-electron chi connectivity index (χ2n) is 10.3. The quantitative estimate of drug-likeness (QED) is 0.455. The van der Waals surface area contributed by atoms with Crippen molar-refractivity contribution in [3.63, 3.8) is 0 Å². The maximum Gasteiger partial charge on any atom is 0.417 e. The molecule has 2 aliphatic rings. The fraction of sp³-hybridized carbons (Fsp3) is 0.519. The van der Waals surface area contributed by atoms with Crippen LogP contribution in [0.15, 0.2) is 24.4 Å². The van der Waals surface area contributed by atoms with Gasteiger partial charge in [-0.1, -0.05) is 13.0 Å². The first kappa shape index (κ1) is 30.6. The van der Waals surface area contributed by atoms with Gasteiger partial charge in [0, 0.05) is 48.9 Å². The van der Waals surface area contributed by atoms with Crippen LogP contribution in [-0.2, 0) is 14.3 Å². The highest BCUT2D eigenvalue weighted by Crippen LogP contribution is 2.55. The number of amides is 2. The topological polar surface area (TPSA) is 116 Å². The second kappa shape index (κ2) is 11.9. The number of aryl methyl sites for hydroxylation is 1. The number of morpholine rings is 1.